The summed E-state index contributed by atoms with van der Waals surface area (Å²) in [6.45, 7) is 0.583. The number of hydrogen-bond donors (Lipinski definition) is 0. The van der Waals surface area contributed by atoms with Gasteiger partial charge in [-0.15, -0.1) is 0 Å². The topological polar surface area (TPSA) is 86.0 Å². The van der Waals surface area contributed by atoms with E-state index in [1.807, 2.05) is 0 Å². The fraction of sp³-hybridized carbons (Fsp3) is 0.227. The third-order valence-electron chi connectivity index (χ3n) is 4.51. The van der Waals surface area contributed by atoms with E-state index in [-0.39, 0.29) is 37.1 Å². The number of carbonyl (C=O) groups is 1. The summed E-state index contributed by atoms with van der Waals surface area (Å²) in [5, 5.41) is 0. The van der Waals surface area contributed by atoms with Crippen LogP contribution in [0.4, 0.5) is 13.2 Å². The van der Waals surface area contributed by atoms with Gasteiger partial charge < -0.3 is 18.2 Å². The van der Waals surface area contributed by atoms with Gasteiger partial charge in [-0.05, 0) is 48.0 Å². The summed E-state index contributed by atoms with van der Waals surface area (Å²) in [4.78, 5) is 13.5. The fourth-order valence-corrected chi connectivity index (χ4v) is 3.90. The number of alkyl halides is 3. The number of hydrogen-bond acceptors (Lipinski definition) is 6. The van der Waals surface area contributed by atoms with Crippen LogP contribution in [0.1, 0.15) is 21.7 Å². The highest BCUT2D eigenvalue weighted by atomic mass is 32.2. The lowest BCUT2D eigenvalue weighted by Crippen LogP contribution is -2.33. The molecule has 7 nitrogen and oxygen atoms in total. The lowest BCUT2D eigenvalue weighted by atomic mass is 10.2. The molecule has 33 heavy (non-hydrogen) atoms. The van der Waals surface area contributed by atoms with E-state index in [0.717, 1.165) is 18.2 Å². The number of benzene rings is 2. The first kappa shape index (κ1) is 24.3. The molecule has 0 bridgehead atoms. The maximum absolute atomic E-state index is 12.9. The molecule has 0 aliphatic heterocycles. The summed E-state index contributed by atoms with van der Waals surface area (Å²) in [5.74, 6) is -0.368. The van der Waals surface area contributed by atoms with Crippen LogP contribution in [0.3, 0.4) is 0 Å². The van der Waals surface area contributed by atoms with Crippen molar-refractivity contribution in [2.24, 2.45) is 0 Å². The van der Waals surface area contributed by atoms with Crippen LogP contribution in [0.5, 0.6) is 5.75 Å². The van der Waals surface area contributed by atoms with E-state index in [4.69, 9.17) is 13.3 Å². The van der Waals surface area contributed by atoms with E-state index < -0.39 is 26.8 Å². The van der Waals surface area contributed by atoms with Crippen molar-refractivity contribution in [2.45, 2.75) is 17.6 Å². The molecule has 1 aromatic heterocycles. The zero-order valence-electron chi connectivity index (χ0n) is 17.4. The number of halogens is 3. The van der Waals surface area contributed by atoms with Crippen molar-refractivity contribution in [3.05, 3.63) is 83.8 Å². The first-order valence-corrected chi connectivity index (χ1v) is 11.0. The van der Waals surface area contributed by atoms with Gasteiger partial charge in [-0.25, -0.2) is 0 Å². The van der Waals surface area contributed by atoms with Crippen LogP contribution in [-0.2, 0) is 27.6 Å². The van der Waals surface area contributed by atoms with Crippen LogP contribution >= 0.6 is 0 Å². The van der Waals surface area contributed by atoms with Crippen molar-refractivity contribution in [1.82, 2.24) is 4.90 Å². The Morgan fingerprint density at radius 3 is 2.48 bits per heavy atom. The molecule has 1 amide bonds. The van der Waals surface area contributed by atoms with Crippen molar-refractivity contribution >= 4 is 16.0 Å². The molecule has 0 N–H and O–H groups in total. The fourth-order valence-electron chi connectivity index (χ4n) is 2.93. The first-order chi connectivity index (χ1) is 15.6. The Morgan fingerprint density at radius 1 is 1.06 bits per heavy atom. The Bertz CT molecular complexity index is 1190. The summed E-state index contributed by atoms with van der Waals surface area (Å²) >= 11 is 0. The molecule has 0 fully saturated rings. The van der Waals surface area contributed by atoms with E-state index in [0.29, 0.717) is 11.6 Å². The minimum absolute atomic E-state index is 0.0870. The average molecular weight is 483 g/mol. The molecular weight excluding hydrogens is 463 g/mol. The third-order valence-corrected chi connectivity index (χ3v) is 5.76. The van der Waals surface area contributed by atoms with E-state index in [9.17, 15) is 26.4 Å². The Kier molecular flexibility index (Phi) is 7.44. The van der Waals surface area contributed by atoms with E-state index in [1.165, 1.54) is 42.5 Å². The Morgan fingerprint density at radius 2 is 1.82 bits per heavy atom. The van der Waals surface area contributed by atoms with Crippen molar-refractivity contribution in [1.29, 1.82) is 0 Å². The van der Waals surface area contributed by atoms with Crippen LogP contribution in [-0.4, -0.2) is 39.5 Å². The summed E-state index contributed by atoms with van der Waals surface area (Å²) < 4.78 is 79.1. The van der Waals surface area contributed by atoms with Gasteiger partial charge in [0.05, 0.1) is 18.4 Å². The molecule has 0 radical (unpaired) electrons. The van der Waals surface area contributed by atoms with Gasteiger partial charge in [-0.3, -0.25) is 4.79 Å². The number of amides is 1. The van der Waals surface area contributed by atoms with Gasteiger partial charge in [-0.2, -0.15) is 21.6 Å². The zero-order chi connectivity index (χ0) is 24.1. The molecule has 0 saturated carbocycles. The predicted molar refractivity (Wildman–Crippen MR) is 111 cm³/mol. The average Bonchev–Trinajstić information content (AvgIpc) is 3.30. The number of rotatable bonds is 9. The molecule has 3 rings (SSSR count). The molecule has 0 unspecified atom stereocenters. The van der Waals surface area contributed by atoms with Crippen LogP contribution in [0.25, 0.3) is 0 Å². The van der Waals surface area contributed by atoms with Crippen LogP contribution in [0, 0.1) is 0 Å². The molecule has 0 aliphatic carbocycles. The number of methoxy groups -OCH3 is 1. The predicted octanol–water partition coefficient (Wildman–Crippen LogP) is 4.35. The van der Waals surface area contributed by atoms with Gasteiger partial charge in [0.15, 0.2) is 5.76 Å². The minimum Gasteiger partial charge on any atom is -0.459 e. The third kappa shape index (κ3) is 6.36. The number of furan rings is 1. The molecule has 0 aliphatic rings. The maximum Gasteiger partial charge on any atom is 0.416 e. The smallest absolute Gasteiger partial charge is 0.416 e. The van der Waals surface area contributed by atoms with Crippen molar-refractivity contribution < 1.29 is 39.7 Å². The largest absolute Gasteiger partial charge is 0.459 e. The Hall–Kier alpha value is -3.31. The maximum atomic E-state index is 12.9. The van der Waals surface area contributed by atoms with E-state index >= 15 is 0 Å². The van der Waals surface area contributed by atoms with Crippen LogP contribution in [0.2, 0.25) is 0 Å². The molecule has 0 atom stereocenters. The quantitative estimate of drug-likeness (QED) is 0.421. The summed E-state index contributed by atoms with van der Waals surface area (Å²) in [6, 6.07) is 12.3. The molecule has 0 saturated heterocycles. The van der Waals surface area contributed by atoms with Gasteiger partial charge in [0, 0.05) is 20.2 Å². The second-order valence-electron chi connectivity index (χ2n) is 6.91. The monoisotopic (exact) mass is 483 g/mol. The van der Waals surface area contributed by atoms with Gasteiger partial charge in [0.1, 0.15) is 10.6 Å². The normalized spacial score (nSPS) is 11.9. The standard InChI is InChI=1S/C22H20F3NO6S/c1-30-12-10-26(21(27)20-9-4-11-31-20)15-16-5-2-7-18(13-16)32-33(28,29)19-8-3-6-17(14-19)22(23,24)25/h2-9,11,13-14H,10,12,15H2,1H3. The second-order valence-corrected chi connectivity index (χ2v) is 8.45. The van der Waals surface area contributed by atoms with E-state index in [2.05, 4.69) is 0 Å². The SMILES string of the molecule is COCCN(Cc1cccc(OS(=O)(=O)c2cccc(C(F)(F)F)c2)c1)C(=O)c1ccco1. The summed E-state index contributed by atoms with van der Waals surface area (Å²) in [6.07, 6.45) is -3.33. The number of ether oxygens (including phenoxy) is 1. The number of carbonyl (C=O) groups excluding carboxylic acids is 1. The molecule has 3 aromatic rings. The summed E-state index contributed by atoms with van der Waals surface area (Å²) in [7, 11) is -3.03. The van der Waals surface area contributed by atoms with Crippen LogP contribution in [0.15, 0.2) is 76.2 Å². The molecule has 11 heteroatoms. The van der Waals surface area contributed by atoms with Crippen molar-refractivity contribution in [3.63, 3.8) is 0 Å². The van der Waals surface area contributed by atoms with Gasteiger partial charge in [0.25, 0.3) is 5.91 Å². The highest BCUT2D eigenvalue weighted by molar-refractivity contribution is 7.87. The van der Waals surface area contributed by atoms with Crippen LogP contribution < -0.4 is 4.18 Å². The van der Waals surface area contributed by atoms with Gasteiger partial charge in [0.2, 0.25) is 0 Å². The lowest BCUT2D eigenvalue weighted by molar-refractivity contribution is -0.137. The van der Waals surface area contributed by atoms with Gasteiger partial charge >= 0.3 is 16.3 Å². The van der Waals surface area contributed by atoms with Gasteiger partial charge in [-0.1, -0.05) is 18.2 Å². The highest BCUT2D eigenvalue weighted by Gasteiger charge is 2.32. The molecular formula is C22H20F3NO6S. The molecule has 2 aromatic carbocycles. The minimum atomic E-state index is -4.70. The number of nitrogens with zero attached hydrogens (tertiary/aromatic N) is 1. The molecule has 1 heterocycles. The first-order valence-electron chi connectivity index (χ1n) is 9.62. The summed E-state index contributed by atoms with van der Waals surface area (Å²) in [5.41, 5.74) is -0.575. The molecule has 176 valence electrons. The highest BCUT2D eigenvalue weighted by Crippen LogP contribution is 2.31. The zero-order valence-corrected chi connectivity index (χ0v) is 18.2. The molecule has 0 spiro atoms. The lowest BCUT2D eigenvalue weighted by Gasteiger charge is -2.21. The van der Waals surface area contributed by atoms with Crippen molar-refractivity contribution in [3.8, 4) is 5.75 Å². The Labute approximate surface area is 188 Å². The Balaban J connectivity index is 1.80. The van der Waals surface area contributed by atoms with Crippen molar-refractivity contribution in [2.75, 3.05) is 20.3 Å². The second kappa shape index (κ2) is 10.1. The van der Waals surface area contributed by atoms with E-state index in [1.54, 1.807) is 12.1 Å².